The van der Waals surface area contributed by atoms with Crippen molar-refractivity contribution >= 4 is 11.9 Å². The molecule has 1 N–H and O–H groups in total. The standard InChI is InChI=1S/C23H25NO7/c1-12(25)24-17-9-6-13-10-19(28-2)21(29-3)22(30-4)20(13)14-7-8-15(23(27)31-5)18(26)11-16(14)17/h7-8,10-11,17H,6,9H2,1-5H3,(H,24,25)/t17-/m0/s1. The Kier molecular flexibility index (Phi) is 6.48. The van der Waals surface area contributed by atoms with Gasteiger partial charge in [0.25, 0.3) is 0 Å². The Balaban J connectivity index is 2.43. The van der Waals surface area contributed by atoms with E-state index >= 15 is 0 Å². The van der Waals surface area contributed by atoms with Gasteiger partial charge in [0.2, 0.25) is 11.7 Å². The number of nitrogens with one attached hydrogen (secondary N) is 1. The van der Waals surface area contributed by atoms with Gasteiger partial charge in [-0.2, -0.15) is 0 Å². The van der Waals surface area contributed by atoms with Crippen molar-refractivity contribution in [2.75, 3.05) is 28.4 Å². The molecule has 1 amide bonds. The number of methoxy groups -OCH3 is 4. The molecule has 0 unspecified atom stereocenters. The molecule has 8 heteroatoms. The third kappa shape index (κ3) is 4.05. The number of hydrogen-bond donors (Lipinski definition) is 1. The van der Waals surface area contributed by atoms with E-state index in [9.17, 15) is 14.4 Å². The molecule has 2 aromatic carbocycles. The minimum atomic E-state index is -0.731. The number of fused-ring (bicyclic) bond motifs is 3. The summed E-state index contributed by atoms with van der Waals surface area (Å²) in [5, 5.41) is 2.91. The van der Waals surface area contributed by atoms with Crippen molar-refractivity contribution in [3.63, 3.8) is 0 Å². The van der Waals surface area contributed by atoms with Crippen LogP contribution in [-0.4, -0.2) is 40.3 Å². The fourth-order valence-electron chi connectivity index (χ4n) is 3.99. The molecule has 1 atom stereocenters. The Labute approximate surface area is 180 Å². The predicted molar refractivity (Wildman–Crippen MR) is 114 cm³/mol. The summed E-state index contributed by atoms with van der Waals surface area (Å²) >= 11 is 0. The zero-order chi connectivity index (χ0) is 22.7. The lowest BCUT2D eigenvalue weighted by atomic mass is 9.95. The second-order valence-electron chi connectivity index (χ2n) is 7.09. The Bertz CT molecular complexity index is 1090. The number of carbonyl (C=O) groups is 2. The van der Waals surface area contributed by atoms with E-state index in [0.717, 1.165) is 11.1 Å². The van der Waals surface area contributed by atoms with Crippen molar-refractivity contribution in [1.29, 1.82) is 0 Å². The van der Waals surface area contributed by atoms with Crippen molar-refractivity contribution in [2.45, 2.75) is 25.8 Å². The second kappa shape index (κ2) is 9.07. The molecule has 0 saturated heterocycles. The summed E-state index contributed by atoms with van der Waals surface area (Å²) in [5.41, 5.74) is 2.26. The van der Waals surface area contributed by atoms with Crippen LogP contribution in [0.4, 0.5) is 0 Å². The van der Waals surface area contributed by atoms with E-state index in [2.05, 4.69) is 5.32 Å². The zero-order valence-corrected chi connectivity index (χ0v) is 18.2. The highest BCUT2D eigenvalue weighted by Gasteiger charge is 2.29. The van der Waals surface area contributed by atoms with Gasteiger partial charge in [-0.05, 0) is 47.7 Å². The average Bonchev–Trinajstić information content (AvgIpc) is 3.00. The van der Waals surface area contributed by atoms with Gasteiger partial charge in [-0.25, -0.2) is 4.79 Å². The molecule has 1 aliphatic carbocycles. The Hall–Kier alpha value is -3.55. The van der Waals surface area contributed by atoms with Crippen LogP contribution in [0.2, 0.25) is 0 Å². The topological polar surface area (TPSA) is 100 Å². The fraction of sp³-hybridized carbons (Fsp3) is 0.348. The molecular weight excluding hydrogens is 402 g/mol. The second-order valence-corrected chi connectivity index (χ2v) is 7.09. The lowest BCUT2D eigenvalue weighted by Gasteiger charge is -2.19. The summed E-state index contributed by atoms with van der Waals surface area (Å²) in [6.07, 6.45) is 1.13. The predicted octanol–water partition coefficient (Wildman–Crippen LogP) is 2.65. The van der Waals surface area contributed by atoms with E-state index in [1.54, 1.807) is 13.2 Å². The maximum atomic E-state index is 12.8. The average molecular weight is 427 g/mol. The maximum Gasteiger partial charge on any atom is 0.341 e. The summed E-state index contributed by atoms with van der Waals surface area (Å²) in [6, 6.07) is 5.92. The molecular formula is C23H25NO7. The van der Waals surface area contributed by atoms with Crippen molar-refractivity contribution in [3.05, 3.63) is 51.2 Å². The summed E-state index contributed by atoms with van der Waals surface area (Å²) < 4.78 is 21.5. The highest BCUT2D eigenvalue weighted by Crippen LogP contribution is 2.50. The van der Waals surface area contributed by atoms with Crippen LogP contribution in [0, 0.1) is 0 Å². The first kappa shape index (κ1) is 22.1. The number of hydrogen-bond acceptors (Lipinski definition) is 7. The summed E-state index contributed by atoms with van der Waals surface area (Å²) in [7, 11) is 5.80. The minimum Gasteiger partial charge on any atom is -0.493 e. The summed E-state index contributed by atoms with van der Waals surface area (Å²) in [5.74, 6) is 0.411. The van der Waals surface area contributed by atoms with E-state index in [-0.39, 0.29) is 11.5 Å². The normalized spacial score (nSPS) is 14.4. The molecule has 164 valence electrons. The molecule has 31 heavy (non-hydrogen) atoms. The van der Waals surface area contributed by atoms with Crippen LogP contribution in [0.15, 0.2) is 29.1 Å². The number of ether oxygens (including phenoxy) is 4. The largest absolute Gasteiger partial charge is 0.493 e. The highest BCUT2D eigenvalue weighted by atomic mass is 16.5. The molecule has 2 aromatic rings. The monoisotopic (exact) mass is 427 g/mol. The first-order valence-electron chi connectivity index (χ1n) is 9.72. The Morgan fingerprint density at radius 2 is 1.71 bits per heavy atom. The number of amides is 1. The first-order valence-corrected chi connectivity index (χ1v) is 9.72. The van der Waals surface area contributed by atoms with E-state index < -0.39 is 17.4 Å². The van der Waals surface area contributed by atoms with Gasteiger partial charge in [-0.1, -0.05) is 6.07 Å². The SMILES string of the molecule is COC(=O)c1ccc2c(cc1=O)[C@@H](NC(C)=O)CCc1cc(OC)c(OC)c(OC)c1-2. The molecule has 0 bridgehead atoms. The zero-order valence-electron chi connectivity index (χ0n) is 18.2. The Morgan fingerprint density at radius 1 is 1.00 bits per heavy atom. The summed E-state index contributed by atoms with van der Waals surface area (Å²) in [6.45, 7) is 1.42. The smallest absolute Gasteiger partial charge is 0.341 e. The van der Waals surface area contributed by atoms with Crippen LogP contribution >= 0.6 is 0 Å². The van der Waals surface area contributed by atoms with Crippen LogP contribution in [-0.2, 0) is 16.0 Å². The number of aryl methyl sites for hydroxylation is 1. The lowest BCUT2D eigenvalue weighted by molar-refractivity contribution is -0.119. The van der Waals surface area contributed by atoms with Crippen molar-refractivity contribution < 1.29 is 28.5 Å². The highest BCUT2D eigenvalue weighted by molar-refractivity contribution is 5.90. The van der Waals surface area contributed by atoms with Crippen molar-refractivity contribution in [1.82, 2.24) is 5.32 Å². The molecule has 0 radical (unpaired) electrons. The van der Waals surface area contributed by atoms with Gasteiger partial charge < -0.3 is 24.3 Å². The maximum absolute atomic E-state index is 12.8. The molecule has 0 spiro atoms. The number of rotatable bonds is 5. The fourth-order valence-corrected chi connectivity index (χ4v) is 3.99. The molecule has 3 rings (SSSR count). The third-order valence-corrected chi connectivity index (χ3v) is 5.32. The molecule has 0 aliphatic heterocycles. The van der Waals surface area contributed by atoms with Crippen molar-refractivity contribution in [2.24, 2.45) is 0 Å². The molecule has 0 saturated carbocycles. The van der Waals surface area contributed by atoms with E-state index in [4.69, 9.17) is 18.9 Å². The number of carbonyl (C=O) groups excluding carboxylic acids is 2. The Morgan fingerprint density at radius 3 is 2.29 bits per heavy atom. The van der Waals surface area contributed by atoms with Gasteiger partial charge in [0, 0.05) is 12.5 Å². The van der Waals surface area contributed by atoms with Crippen LogP contribution in [0.1, 0.15) is 40.9 Å². The third-order valence-electron chi connectivity index (χ3n) is 5.32. The number of esters is 1. The van der Waals surface area contributed by atoms with Crippen LogP contribution in [0.5, 0.6) is 17.2 Å². The van der Waals surface area contributed by atoms with Gasteiger partial charge >= 0.3 is 5.97 Å². The molecule has 0 fully saturated rings. The molecule has 8 nitrogen and oxygen atoms in total. The quantitative estimate of drug-likeness (QED) is 0.732. The van der Waals surface area contributed by atoms with Crippen molar-refractivity contribution in [3.8, 4) is 28.4 Å². The van der Waals surface area contributed by atoms with Gasteiger partial charge in [-0.15, -0.1) is 0 Å². The van der Waals surface area contributed by atoms with E-state index in [1.807, 2.05) is 6.07 Å². The van der Waals surface area contributed by atoms with Gasteiger partial charge in [0.1, 0.15) is 5.56 Å². The number of benzene rings is 1. The molecule has 0 heterocycles. The molecule has 1 aliphatic rings. The van der Waals surface area contributed by atoms with E-state index in [0.29, 0.717) is 41.2 Å². The molecule has 0 aromatic heterocycles. The van der Waals surface area contributed by atoms with E-state index in [1.165, 1.54) is 40.4 Å². The van der Waals surface area contributed by atoms with Crippen LogP contribution in [0.3, 0.4) is 0 Å². The van der Waals surface area contributed by atoms with Gasteiger partial charge in [-0.3, -0.25) is 9.59 Å². The van der Waals surface area contributed by atoms with Gasteiger partial charge in [0.15, 0.2) is 16.9 Å². The first-order chi connectivity index (χ1) is 14.9. The van der Waals surface area contributed by atoms with Gasteiger partial charge in [0.05, 0.1) is 34.5 Å². The minimum absolute atomic E-state index is 0.0989. The van der Waals surface area contributed by atoms with Crippen LogP contribution in [0.25, 0.3) is 11.1 Å². The van der Waals surface area contributed by atoms with Crippen LogP contribution < -0.4 is 25.0 Å². The lowest BCUT2D eigenvalue weighted by Crippen LogP contribution is -2.26. The summed E-state index contributed by atoms with van der Waals surface area (Å²) in [4.78, 5) is 36.8.